The Kier molecular flexibility index (Phi) is 4.57. The van der Waals surface area contributed by atoms with Crippen molar-refractivity contribution in [2.75, 3.05) is 5.75 Å². The zero-order chi connectivity index (χ0) is 15.6. The van der Waals surface area contributed by atoms with Gasteiger partial charge in [-0.25, -0.2) is 0 Å². The number of halogens is 4. The first kappa shape index (κ1) is 15.8. The van der Waals surface area contributed by atoms with Crippen molar-refractivity contribution in [1.29, 1.82) is 0 Å². The van der Waals surface area contributed by atoms with E-state index in [0.717, 1.165) is 24.0 Å². The number of amides is 1. The van der Waals surface area contributed by atoms with Crippen molar-refractivity contribution in [1.82, 2.24) is 5.32 Å². The summed E-state index contributed by atoms with van der Waals surface area (Å²) in [7, 11) is 0. The first-order valence-corrected chi connectivity index (χ1v) is 7.18. The van der Waals surface area contributed by atoms with Crippen molar-refractivity contribution < 1.29 is 23.1 Å². The summed E-state index contributed by atoms with van der Waals surface area (Å²) in [4.78, 5) is 10.9. The summed E-state index contributed by atoms with van der Waals surface area (Å²) in [5, 5.41) is 19.5. The lowest BCUT2D eigenvalue weighted by Crippen LogP contribution is -2.19. The third-order valence-corrected chi connectivity index (χ3v) is 3.66. The Morgan fingerprint density at radius 1 is 1.43 bits per heavy atom. The van der Waals surface area contributed by atoms with Gasteiger partial charge in [-0.2, -0.15) is 18.3 Å². The molecule has 0 aromatic heterocycles. The van der Waals surface area contributed by atoms with E-state index in [0.29, 0.717) is 0 Å². The molecule has 0 atom stereocenters. The van der Waals surface area contributed by atoms with Crippen LogP contribution in [0.1, 0.15) is 11.1 Å². The van der Waals surface area contributed by atoms with Gasteiger partial charge in [0.05, 0.1) is 17.5 Å². The number of nitrogens with one attached hydrogen (secondary N) is 1. The summed E-state index contributed by atoms with van der Waals surface area (Å²) < 4.78 is 38.3. The minimum atomic E-state index is -4.68. The number of thioether (sulfide) groups is 1. The maximum atomic E-state index is 12.7. The highest BCUT2D eigenvalue weighted by atomic mass is 79.9. The van der Waals surface area contributed by atoms with Gasteiger partial charge in [0.25, 0.3) is 0 Å². The number of hydrogen-bond donors (Lipinski definition) is 2. The molecular weight excluding hydrogens is 375 g/mol. The quantitative estimate of drug-likeness (QED) is 0.610. The molecule has 0 spiro atoms. The van der Waals surface area contributed by atoms with Gasteiger partial charge >= 0.3 is 6.18 Å². The minimum Gasteiger partial charge on any atom is -0.507 e. The second-order valence-corrected chi connectivity index (χ2v) is 5.76. The molecule has 1 aliphatic rings. The van der Waals surface area contributed by atoms with Crippen LogP contribution in [0.4, 0.5) is 13.2 Å². The average Bonchev–Trinajstić information content (AvgIpc) is 2.77. The second-order valence-electron chi connectivity index (χ2n) is 3.88. The number of phenols is 1. The molecule has 0 radical (unpaired) electrons. The van der Waals surface area contributed by atoms with E-state index in [9.17, 15) is 23.1 Å². The molecule has 0 unspecified atom stereocenters. The largest absolute Gasteiger partial charge is 0.507 e. The predicted octanol–water partition coefficient (Wildman–Crippen LogP) is 2.73. The highest BCUT2D eigenvalue weighted by molar-refractivity contribution is 9.10. The maximum Gasteiger partial charge on any atom is 0.420 e. The number of phenolic OH excluding ortho intramolecular Hbond substituents is 1. The Labute approximate surface area is 129 Å². The fourth-order valence-corrected chi connectivity index (χ4v) is 2.56. The summed E-state index contributed by atoms with van der Waals surface area (Å²) in [5.74, 6) is -0.939. The van der Waals surface area contributed by atoms with E-state index >= 15 is 0 Å². The van der Waals surface area contributed by atoms with Crippen LogP contribution in [-0.2, 0) is 11.0 Å². The van der Waals surface area contributed by atoms with Crippen molar-refractivity contribution >= 4 is 45.0 Å². The normalized spacial score (nSPS) is 17.7. The summed E-state index contributed by atoms with van der Waals surface area (Å²) in [6.45, 7) is 0. The van der Waals surface area contributed by atoms with Crippen molar-refractivity contribution in [3.8, 4) is 5.75 Å². The minimum absolute atomic E-state index is 0.143. The fraction of sp³-hybridized carbons (Fsp3) is 0.182. The van der Waals surface area contributed by atoms with E-state index in [1.165, 1.54) is 6.07 Å². The molecule has 0 bridgehead atoms. The van der Waals surface area contributed by atoms with Crippen molar-refractivity contribution in [3.05, 3.63) is 27.7 Å². The third-order valence-electron chi connectivity index (χ3n) is 2.34. The third kappa shape index (κ3) is 3.97. The molecule has 0 aliphatic carbocycles. The molecular formula is C11H7BrF3N3O2S. The topological polar surface area (TPSA) is 74.0 Å². The highest BCUT2D eigenvalue weighted by Crippen LogP contribution is 2.39. The average molecular weight is 382 g/mol. The summed E-state index contributed by atoms with van der Waals surface area (Å²) >= 11 is 4.06. The van der Waals surface area contributed by atoms with E-state index in [-0.39, 0.29) is 26.9 Å². The van der Waals surface area contributed by atoms with E-state index in [1.54, 1.807) is 0 Å². The number of aromatic hydroxyl groups is 1. The number of benzene rings is 1. The zero-order valence-corrected chi connectivity index (χ0v) is 12.5. The molecule has 1 aromatic carbocycles. The summed E-state index contributed by atoms with van der Waals surface area (Å²) in [5.41, 5.74) is -1.31. The number of amidine groups is 1. The van der Waals surface area contributed by atoms with Crippen LogP contribution in [0.5, 0.6) is 5.75 Å². The van der Waals surface area contributed by atoms with Gasteiger partial charge in [-0.05, 0) is 12.1 Å². The second kappa shape index (κ2) is 6.06. The molecule has 1 aliphatic heterocycles. The van der Waals surface area contributed by atoms with E-state index in [1.807, 2.05) is 0 Å². The molecule has 0 saturated carbocycles. The van der Waals surface area contributed by atoms with Crippen LogP contribution in [0.25, 0.3) is 0 Å². The lowest BCUT2D eigenvalue weighted by atomic mass is 10.1. The van der Waals surface area contributed by atoms with Gasteiger partial charge in [0.2, 0.25) is 5.91 Å². The van der Waals surface area contributed by atoms with Crippen LogP contribution in [0.3, 0.4) is 0 Å². The van der Waals surface area contributed by atoms with Crippen LogP contribution in [0.15, 0.2) is 26.8 Å². The number of hydrogen-bond acceptors (Lipinski definition) is 5. The molecule has 1 aromatic rings. The molecule has 1 heterocycles. The van der Waals surface area contributed by atoms with Crippen LogP contribution < -0.4 is 5.32 Å². The molecule has 1 saturated heterocycles. The number of carbonyl (C=O) groups excluding carboxylic acids is 1. The molecule has 10 heteroatoms. The monoisotopic (exact) mass is 381 g/mol. The smallest absolute Gasteiger partial charge is 0.420 e. The van der Waals surface area contributed by atoms with Gasteiger partial charge in [-0.15, -0.1) is 5.10 Å². The van der Waals surface area contributed by atoms with Crippen molar-refractivity contribution in [3.63, 3.8) is 0 Å². The Balaban J connectivity index is 2.28. The van der Waals surface area contributed by atoms with E-state index in [4.69, 9.17) is 0 Å². The molecule has 21 heavy (non-hydrogen) atoms. The Hall–Kier alpha value is -1.55. The Morgan fingerprint density at radius 3 is 2.71 bits per heavy atom. The molecule has 5 nitrogen and oxygen atoms in total. The number of nitrogens with zero attached hydrogens (tertiary/aromatic N) is 2. The molecule has 112 valence electrons. The standard InChI is InChI=1S/C11H7BrF3N3O2S/c12-6-1-5(9(20)7(2-6)11(13,14)15)3-16-18-10-17-8(19)4-21-10/h1-3,20H,4H2,(H,17,18,19). The van der Waals surface area contributed by atoms with Crippen LogP contribution in [-0.4, -0.2) is 28.1 Å². The highest BCUT2D eigenvalue weighted by Gasteiger charge is 2.35. The lowest BCUT2D eigenvalue weighted by Gasteiger charge is -2.11. The Morgan fingerprint density at radius 2 is 2.14 bits per heavy atom. The van der Waals surface area contributed by atoms with Crippen LogP contribution in [0.2, 0.25) is 0 Å². The van der Waals surface area contributed by atoms with Gasteiger partial charge in [0.15, 0.2) is 5.17 Å². The Bertz CT molecular complexity index is 646. The lowest BCUT2D eigenvalue weighted by molar-refractivity contribution is -0.138. The van der Waals surface area contributed by atoms with Crippen LogP contribution >= 0.6 is 27.7 Å². The predicted molar refractivity (Wildman–Crippen MR) is 76.4 cm³/mol. The summed E-state index contributed by atoms with van der Waals surface area (Å²) in [6.07, 6.45) is -3.70. The fourth-order valence-electron chi connectivity index (χ4n) is 1.46. The number of alkyl halides is 3. The van der Waals surface area contributed by atoms with Gasteiger partial charge < -0.3 is 10.4 Å². The van der Waals surface area contributed by atoms with Crippen molar-refractivity contribution in [2.24, 2.45) is 10.2 Å². The maximum absolute atomic E-state index is 12.7. The number of carbonyl (C=O) groups is 1. The van der Waals surface area contributed by atoms with Crippen molar-refractivity contribution in [2.45, 2.75) is 6.18 Å². The SMILES string of the molecule is O=C1CSC(=NN=Cc2cc(Br)cc(C(F)(F)F)c2O)N1. The molecule has 1 amide bonds. The first-order chi connectivity index (χ1) is 9.77. The van der Waals surface area contributed by atoms with Gasteiger partial charge in [0.1, 0.15) is 5.75 Å². The zero-order valence-electron chi connectivity index (χ0n) is 10.1. The van der Waals surface area contributed by atoms with E-state index < -0.39 is 17.5 Å². The number of rotatable bonds is 2. The first-order valence-electron chi connectivity index (χ1n) is 5.41. The van der Waals surface area contributed by atoms with Crippen LogP contribution in [0, 0.1) is 0 Å². The summed E-state index contributed by atoms with van der Waals surface area (Å²) in [6, 6.07) is 2.04. The molecule has 2 rings (SSSR count). The van der Waals surface area contributed by atoms with Gasteiger partial charge in [-0.1, -0.05) is 27.7 Å². The van der Waals surface area contributed by atoms with E-state index in [2.05, 4.69) is 31.4 Å². The molecule has 1 fully saturated rings. The van der Waals surface area contributed by atoms with Gasteiger partial charge in [-0.3, -0.25) is 4.79 Å². The molecule has 2 N–H and O–H groups in total. The van der Waals surface area contributed by atoms with Gasteiger partial charge in [0, 0.05) is 10.0 Å².